The number of aromatic nitrogens is 1. The maximum Gasteiger partial charge on any atom is 0.328 e. The quantitative estimate of drug-likeness (QED) is 0.876. The Morgan fingerprint density at radius 3 is 2.83 bits per heavy atom. The van der Waals surface area contributed by atoms with Crippen LogP contribution in [-0.2, 0) is 9.53 Å². The zero-order valence-electron chi connectivity index (χ0n) is 12.2. The number of halogens is 2. The van der Waals surface area contributed by atoms with E-state index in [2.05, 4.69) is 4.98 Å². The molecule has 0 radical (unpaired) electrons. The van der Waals surface area contributed by atoms with E-state index in [-0.39, 0.29) is 18.8 Å². The third kappa shape index (κ3) is 3.39. The van der Waals surface area contributed by atoms with Gasteiger partial charge in [0, 0.05) is 17.5 Å². The Morgan fingerprint density at radius 1 is 1.33 bits per heavy atom. The Kier molecular flexibility index (Phi) is 5.05. The van der Waals surface area contributed by atoms with Crippen LogP contribution >= 0.6 is 34.5 Å². The topological polar surface area (TPSA) is 79.7 Å². The maximum atomic E-state index is 12.6. The monoisotopic (exact) mass is 386 g/mol. The normalized spacial score (nSPS) is 17.8. The molecule has 126 valence electrons. The van der Waals surface area contributed by atoms with Gasteiger partial charge in [0.25, 0.3) is 5.91 Å². The van der Waals surface area contributed by atoms with Crippen LogP contribution in [0.4, 0.5) is 0 Å². The number of carbonyl (C=O) groups excluding carboxylic acids is 1. The standard InChI is InChI=1S/C15H12Cl2N2O4S/c16-9-2-1-8(5-10(9)17)13-18-11(7-24-13)14(20)19-3-4-23-6-12(19)15(21)22/h1-2,5,7,12H,3-4,6H2,(H,21,22). The van der Waals surface area contributed by atoms with Gasteiger partial charge in [0.15, 0.2) is 6.04 Å². The predicted molar refractivity (Wildman–Crippen MR) is 90.8 cm³/mol. The first kappa shape index (κ1) is 17.2. The lowest BCUT2D eigenvalue weighted by Gasteiger charge is -2.32. The van der Waals surface area contributed by atoms with Crippen molar-refractivity contribution in [3.63, 3.8) is 0 Å². The lowest BCUT2D eigenvalue weighted by molar-refractivity contribution is -0.147. The van der Waals surface area contributed by atoms with Gasteiger partial charge >= 0.3 is 5.97 Å². The molecule has 2 heterocycles. The summed E-state index contributed by atoms with van der Waals surface area (Å²) in [7, 11) is 0. The van der Waals surface area contributed by atoms with Crippen LogP contribution in [0.25, 0.3) is 10.6 Å². The minimum Gasteiger partial charge on any atom is -0.480 e. The highest BCUT2D eigenvalue weighted by Gasteiger charge is 2.34. The first-order chi connectivity index (χ1) is 11.5. The van der Waals surface area contributed by atoms with E-state index in [0.717, 1.165) is 5.56 Å². The SMILES string of the molecule is O=C(O)C1COCCN1C(=O)c1csc(-c2ccc(Cl)c(Cl)c2)n1. The molecule has 1 N–H and O–H groups in total. The molecule has 1 atom stereocenters. The second-order valence-electron chi connectivity index (χ2n) is 5.09. The molecule has 6 nitrogen and oxygen atoms in total. The van der Waals surface area contributed by atoms with Crippen molar-refractivity contribution in [3.05, 3.63) is 39.3 Å². The van der Waals surface area contributed by atoms with Gasteiger partial charge in [0.1, 0.15) is 10.7 Å². The van der Waals surface area contributed by atoms with Crippen molar-refractivity contribution in [1.82, 2.24) is 9.88 Å². The van der Waals surface area contributed by atoms with Gasteiger partial charge in [0.2, 0.25) is 0 Å². The van der Waals surface area contributed by atoms with Gasteiger partial charge in [-0.05, 0) is 12.1 Å². The number of nitrogens with zero attached hydrogens (tertiary/aromatic N) is 2. The van der Waals surface area contributed by atoms with Gasteiger partial charge < -0.3 is 14.7 Å². The average Bonchev–Trinajstić information content (AvgIpc) is 3.06. The van der Waals surface area contributed by atoms with E-state index in [4.69, 9.17) is 27.9 Å². The number of morpholine rings is 1. The molecule has 1 amide bonds. The van der Waals surface area contributed by atoms with Crippen molar-refractivity contribution in [2.24, 2.45) is 0 Å². The van der Waals surface area contributed by atoms with E-state index in [9.17, 15) is 14.7 Å². The van der Waals surface area contributed by atoms with Crippen molar-refractivity contribution >= 4 is 46.4 Å². The minimum atomic E-state index is -1.09. The number of ether oxygens (including phenoxy) is 1. The van der Waals surface area contributed by atoms with Gasteiger partial charge in [-0.2, -0.15) is 0 Å². The van der Waals surface area contributed by atoms with Gasteiger partial charge in [-0.15, -0.1) is 11.3 Å². The van der Waals surface area contributed by atoms with Crippen LogP contribution in [0, 0.1) is 0 Å². The Hall–Kier alpha value is -1.67. The summed E-state index contributed by atoms with van der Waals surface area (Å²) < 4.78 is 5.14. The fraction of sp³-hybridized carbons (Fsp3) is 0.267. The molecule has 2 aromatic rings. The molecule has 9 heteroatoms. The Morgan fingerprint density at radius 2 is 2.12 bits per heavy atom. The van der Waals surface area contributed by atoms with Crippen molar-refractivity contribution < 1.29 is 19.4 Å². The smallest absolute Gasteiger partial charge is 0.328 e. The molecular formula is C15H12Cl2N2O4S. The van der Waals surface area contributed by atoms with Crippen LogP contribution in [0.1, 0.15) is 10.5 Å². The van der Waals surface area contributed by atoms with Gasteiger partial charge in [0.05, 0.1) is 23.3 Å². The molecule has 1 aromatic heterocycles. The molecule has 0 spiro atoms. The Bertz CT molecular complexity index is 796. The zero-order valence-corrected chi connectivity index (χ0v) is 14.6. The molecule has 1 aromatic carbocycles. The van der Waals surface area contributed by atoms with Crippen molar-refractivity contribution in [2.75, 3.05) is 19.8 Å². The number of benzene rings is 1. The molecule has 0 bridgehead atoms. The number of amides is 1. The highest BCUT2D eigenvalue weighted by atomic mass is 35.5. The number of rotatable bonds is 3. The van der Waals surface area contributed by atoms with Crippen LogP contribution in [-0.4, -0.2) is 52.7 Å². The Balaban J connectivity index is 1.85. The number of carboxylic acids is 1. The number of hydrogen-bond acceptors (Lipinski definition) is 5. The number of carboxylic acid groups (broad SMARTS) is 1. The largest absolute Gasteiger partial charge is 0.480 e. The van der Waals surface area contributed by atoms with Crippen LogP contribution in [0.5, 0.6) is 0 Å². The summed E-state index contributed by atoms with van der Waals surface area (Å²) in [5, 5.41) is 12.3. The predicted octanol–water partition coefficient (Wildman–Crippen LogP) is 3.04. The number of hydrogen-bond donors (Lipinski definition) is 1. The summed E-state index contributed by atoms with van der Waals surface area (Å²) in [6.07, 6.45) is 0. The number of aliphatic carboxylic acids is 1. The fourth-order valence-corrected chi connectivity index (χ4v) is 3.42. The highest BCUT2D eigenvalue weighted by Crippen LogP contribution is 2.30. The van der Waals surface area contributed by atoms with Crippen LogP contribution in [0.15, 0.2) is 23.6 Å². The van der Waals surface area contributed by atoms with Crippen molar-refractivity contribution in [3.8, 4) is 10.6 Å². The number of thiazole rings is 1. The van der Waals surface area contributed by atoms with E-state index >= 15 is 0 Å². The average molecular weight is 387 g/mol. The van der Waals surface area contributed by atoms with E-state index in [1.54, 1.807) is 23.6 Å². The highest BCUT2D eigenvalue weighted by molar-refractivity contribution is 7.13. The molecule has 1 aliphatic rings. The Labute approximate surface area is 151 Å². The second kappa shape index (κ2) is 7.06. The van der Waals surface area contributed by atoms with Gasteiger partial charge in [-0.3, -0.25) is 4.79 Å². The molecule has 1 unspecified atom stereocenters. The molecule has 1 saturated heterocycles. The van der Waals surface area contributed by atoms with Crippen LogP contribution in [0.2, 0.25) is 10.0 Å². The van der Waals surface area contributed by atoms with E-state index in [1.165, 1.54) is 16.2 Å². The summed E-state index contributed by atoms with van der Waals surface area (Å²) in [5.74, 6) is -1.52. The minimum absolute atomic E-state index is 0.0230. The third-order valence-corrected chi connectivity index (χ3v) is 5.19. The molecule has 1 aliphatic heterocycles. The fourth-order valence-electron chi connectivity index (χ4n) is 2.33. The van der Waals surface area contributed by atoms with Crippen LogP contribution in [0.3, 0.4) is 0 Å². The summed E-state index contributed by atoms with van der Waals surface area (Å²) in [6.45, 7) is 0.500. The van der Waals surface area contributed by atoms with E-state index in [1.807, 2.05) is 0 Å². The first-order valence-corrected chi connectivity index (χ1v) is 8.63. The lowest BCUT2D eigenvalue weighted by Crippen LogP contribution is -2.52. The van der Waals surface area contributed by atoms with Gasteiger partial charge in [-0.1, -0.05) is 29.3 Å². The zero-order chi connectivity index (χ0) is 17.3. The van der Waals surface area contributed by atoms with E-state index in [0.29, 0.717) is 21.7 Å². The molecular weight excluding hydrogens is 375 g/mol. The molecule has 3 rings (SSSR count). The summed E-state index contributed by atoms with van der Waals surface area (Å²) in [6, 6.07) is 4.09. The summed E-state index contributed by atoms with van der Waals surface area (Å²) in [5.41, 5.74) is 0.944. The first-order valence-electron chi connectivity index (χ1n) is 7.00. The second-order valence-corrected chi connectivity index (χ2v) is 6.77. The maximum absolute atomic E-state index is 12.6. The summed E-state index contributed by atoms with van der Waals surface area (Å²) in [4.78, 5) is 29.5. The lowest BCUT2D eigenvalue weighted by atomic mass is 10.2. The van der Waals surface area contributed by atoms with Crippen molar-refractivity contribution in [1.29, 1.82) is 0 Å². The number of carbonyl (C=O) groups is 2. The third-order valence-electron chi connectivity index (χ3n) is 3.56. The summed E-state index contributed by atoms with van der Waals surface area (Å²) >= 11 is 13.2. The van der Waals surface area contributed by atoms with Crippen LogP contribution < -0.4 is 0 Å². The van der Waals surface area contributed by atoms with Crippen molar-refractivity contribution in [2.45, 2.75) is 6.04 Å². The van der Waals surface area contributed by atoms with E-state index < -0.39 is 17.9 Å². The molecule has 24 heavy (non-hydrogen) atoms. The molecule has 0 saturated carbocycles. The van der Waals surface area contributed by atoms with Gasteiger partial charge in [-0.25, -0.2) is 9.78 Å². The molecule has 0 aliphatic carbocycles. The molecule has 1 fully saturated rings.